The summed E-state index contributed by atoms with van der Waals surface area (Å²) in [6.45, 7) is 0. The molecular formula is C14H11ClN2O6S. The number of benzene rings is 2. The smallest absolute Gasteiger partial charge is 0.337 e. The molecule has 0 aliphatic rings. The molecule has 0 amide bonds. The van der Waals surface area contributed by atoms with Gasteiger partial charge in [-0.15, -0.1) is 0 Å². The number of carbonyl (C=O) groups excluding carboxylic acids is 1. The molecule has 0 saturated carbocycles. The first-order valence-electron chi connectivity index (χ1n) is 6.40. The Morgan fingerprint density at radius 1 is 1.25 bits per heavy atom. The van der Waals surface area contributed by atoms with Crippen molar-refractivity contribution in [1.29, 1.82) is 0 Å². The third-order valence-corrected chi connectivity index (χ3v) is 4.66. The number of nitro benzene ring substituents is 1. The summed E-state index contributed by atoms with van der Waals surface area (Å²) in [5, 5.41) is 10.7. The summed E-state index contributed by atoms with van der Waals surface area (Å²) in [6, 6.07) is 8.70. The van der Waals surface area contributed by atoms with Crippen molar-refractivity contribution >= 4 is 39.0 Å². The lowest BCUT2D eigenvalue weighted by Gasteiger charge is -2.09. The van der Waals surface area contributed by atoms with Crippen molar-refractivity contribution in [3.8, 4) is 0 Å². The molecule has 0 aliphatic heterocycles. The van der Waals surface area contributed by atoms with Crippen LogP contribution in [0.25, 0.3) is 0 Å². The number of hydrogen-bond donors (Lipinski definition) is 1. The summed E-state index contributed by atoms with van der Waals surface area (Å²) in [5.74, 6) is -0.686. The first kappa shape index (κ1) is 17.7. The fourth-order valence-electron chi connectivity index (χ4n) is 1.84. The first-order chi connectivity index (χ1) is 11.2. The van der Waals surface area contributed by atoms with Crippen LogP contribution in [0.4, 0.5) is 11.4 Å². The van der Waals surface area contributed by atoms with Crippen LogP contribution in [0.3, 0.4) is 0 Å². The van der Waals surface area contributed by atoms with Gasteiger partial charge in [0, 0.05) is 6.07 Å². The van der Waals surface area contributed by atoms with Crippen molar-refractivity contribution < 1.29 is 22.9 Å². The molecule has 126 valence electrons. The van der Waals surface area contributed by atoms with Gasteiger partial charge in [-0.2, -0.15) is 0 Å². The van der Waals surface area contributed by atoms with E-state index in [0.29, 0.717) is 0 Å². The molecule has 0 atom stereocenters. The molecule has 2 aromatic rings. The summed E-state index contributed by atoms with van der Waals surface area (Å²) < 4.78 is 31.5. The summed E-state index contributed by atoms with van der Waals surface area (Å²) in [7, 11) is -2.88. The van der Waals surface area contributed by atoms with Crippen molar-refractivity contribution in [3.05, 3.63) is 63.2 Å². The van der Waals surface area contributed by atoms with E-state index in [1.807, 2.05) is 0 Å². The van der Waals surface area contributed by atoms with Gasteiger partial charge >= 0.3 is 5.97 Å². The van der Waals surface area contributed by atoms with Crippen molar-refractivity contribution in [2.45, 2.75) is 4.90 Å². The molecule has 8 nitrogen and oxygen atoms in total. The molecule has 2 aromatic carbocycles. The van der Waals surface area contributed by atoms with E-state index in [1.54, 1.807) is 0 Å². The number of esters is 1. The molecule has 0 radical (unpaired) electrons. The summed E-state index contributed by atoms with van der Waals surface area (Å²) in [4.78, 5) is 21.4. The molecule has 1 N–H and O–H groups in total. The maximum absolute atomic E-state index is 12.4. The molecule has 0 aliphatic carbocycles. The molecule has 0 heterocycles. The largest absolute Gasteiger partial charge is 0.465 e. The lowest BCUT2D eigenvalue weighted by Crippen LogP contribution is -2.14. The number of hydrogen-bond acceptors (Lipinski definition) is 6. The molecule has 0 bridgehead atoms. The summed E-state index contributed by atoms with van der Waals surface area (Å²) in [5.41, 5.74) is -0.405. The van der Waals surface area contributed by atoms with Crippen LogP contribution in [0.2, 0.25) is 5.02 Å². The number of nitrogens with zero attached hydrogens (tertiary/aromatic N) is 1. The predicted octanol–water partition coefficient (Wildman–Crippen LogP) is 2.84. The Kier molecular flexibility index (Phi) is 5.05. The van der Waals surface area contributed by atoms with E-state index in [2.05, 4.69) is 9.46 Å². The Labute approximate surface area is 142 Å². The molecule has 0 spiro atoms. The van der Waals surface area contributed by atoms with E-state index in [9.17, 15) is 23.3 Å². The minimum atomic E-state index is -4.06. The number of nitrogens with one attached hydrogen (secondary N) is 1. The SMILES string of the molecule is COC(=O)c1cccc(S(=O)(=O)Nc2ccc(Cl)c([N+](=O)[O-])c2)c1. The number of halogens is 1. The normalized spacial score (nSPS) is 10.9. The van der Waals surface area contributed by atoms with Gasteiger partial charge in [0.15, 0.2) is 0 Å². The third-order valence-electron chi connectivity index (χ3n) is 2.96. The van der Waals surface area contributed by atoms with Crippen LogP contribution in [0.15, 0.2) is 47.4 Å². The number of sulfonamides is 1. The van der Waals surface area contributed by atoms with Crippen LogP contribution in [-0.2, 0) is 14.8 Å². The lowest BCUT2D eigenvalue weighted by atomic mass is 10.2. The Hall–Kier alpha value is -2.65. The highest BCUT2D eigenvalue weighted by molar-refractivity contribution is 7.92. The molecule has 24 heavy (non-hydrogen) atoms. The average molecular weight is 371 g/mol. The number of nitro groups is 1. The zero-order valence-corrected chi connectivity index (χ0v) is 13.8. The van der Waals surface area contributed by atoms with Crippen molar-refractivity contribution in [3.63, 3.8) is 0 Å². The van der Waals surface area contributed by atoms with Gasteiger partial charge in [-0.25, -0.2) is 13.2 Å². The van der Waals surface area contributed by atoms with Crippen LogP contribution in [0.1, 0.15) is 10.4 Å². The second-order valence-corrected chi connectivity index (χ2v) is 6.64. The van der Waals surface area contributed by atoms with Crippen molar-refractivity contribution in [2.75, 3.05) is 11.8 Å². The number of methoxy groups -OCH3 is 1. The number of carbonyl (C=O) groups is 1. The maximum atomic E-state index is 12.4. The monoisotopic (exact) mass is 370 g/mol. The predicted molar refractivity (Wildman–Crippen MR) is 86.7 cm³/mol. The van der Waals surface area contributed by atoms with E-state index in [4.69, 9.17) is 11.6 Å². The fourth-order valence-corrected chi connectivity index (χ4v) is 3.12. The molecule has 0 saturated heterocycles. The third kappa shape index (κ3) is 3.81. The molecule has 2 rings (SSSR count). The minimum Gasteiger partial charge on any atom is -0.465 e. The van der Waals surface area contributed by atoms with Gasteiger partial charge in [-0.05, 0) is 30.3 Å². The number of ether oxygens (including phenoxy) is 1. The molecule has 0 aromatic heterocycles. The van der Waals surface area contributed by atoms with Crippen molar-refractivity contribution in [1.82, 2.24) is 0 Å². The van der Waals surface area contributed by atoms with Gasteiger partial charge in [-0.1, -0.05) is 17.7 Å². The summed E-state index contributed by atoms with van der Waals surface area (Å²) >= 11 is 5.68. The highest BCUT2D eigenvalue weighted by atomic mass is 35.5. The van der Waals surface area contributed by atoms with E-state index in [1.165, 1.54) is 37.4 Å². The van der Waals surface area contributed by atoms with E-state index < -0.39 is 26.6 Å². The van der Waals surface area contributed by atoms with Gasteiger partial charge in [0.1, 0.15) is 5.02 Å². The van der Waals surface area contributed by atoms with Crippen LogP contribution in [-0.4, -0.2) is 26.4 Å². The highest BCUT2D eigenvalue weighted by Crippen LogP contribution is 2.28. The Bertz CT molecular complexity index is 913. The number of rotatable bonds is 5. The summed E-state index contributed by atoms with van der Waals surface area (Å²) in [6.07, 6.45) is 0. The van der Waals surface area contributed by atoms with E-state index >= 15 is 0 Å². The number of anilines is 1. The van der Waals surface area contributed by atoms with Gasteiger partial charge in [0.25, 0.3) is 15.7 Å². The fraction of sp³-hybridized carbons (Fsp3) is 0.0714. The zero-order valence-electron chi connectivity index (χ0n) is 12.2. The van der Waals surface area contributed by atoms with E-state index in [0.717, 1.165) is 12.1 Å². The highest BCUT2D eigenvalue weighted by Gasteiger charge is 2.19. The van der Waals surface area contributed by atoms with Gasteiger partial charge in [0.2, 0.25) is 0 Å². The van der Waals surface area contributed by atoms with Gasteiger partial charge in [0.05, 0.1) is 28.2 Å². The van der Waals surface area contributed by atoms with Crippen LogP contribution in [0, 0.1) is 10.1 Å². The Morgan fingerprint density at radius 2 is 1.96 bits per heavy atom. The molecule has 10 heteroatoms. The second kappa shape index (κ2) is 6.85. The first-order valence-corrected chi connectivity index (χ1v) is 8.26. The van der Waals surface area contributed by atoms with E-state index in [-0.39, 0.29) is 21.2 Å². The molecular weight excluding hydrogens is 360 g/mol. The standard InChI is InChI=1S/C14H11ClN2O6S/c1-23-14(18)9-3-2-4-11(7-9)24(21,22)16-10-5-6-12(15)13(8-10)17(19)20/h2-8,16H,1H3. The minimum absolute atomic E-state index is 0.0328. The van der Waals surface area contributed by atoms with Gasteiger partial charge < -0.3 is 4.74 Å². The zero-order chi connectivity index (χ0) is 17.9. The van der Waals surface area contributed by atoms with Gasteiger partial charge in [-0.3, -0.25) is 14.8 Å². The molecule has 0 fully saturated rings. The Morgan fingerprint density at radius 3 is 2.58 bits per heavy atom. The van der Waals surface area contributed by atoms with Crippen LogP contribution >= 0.6 is 11.6 Å². The maximum Gasteiger partial charge on any atom is 0.337 e. The second-order valence-electron chi connectivity index (χ2n) is 4.55. The Balaban J connectivity index is 2.37. The average Bonchev–Trinajstić information content (AvgIpc) is 2.55. The quantitative estimate of drug-likeness (QED) is 0.491. The van der Waals surface area contributed by atoms with Crippen LogP contribution < -0.4 is 4.72 Å². The molecule has 0 unspecified atom stereocenters. The van der Waals surface area contributed by atoms with Crippen molar-refractivity contribution in [2.24, 2.45) is 0 Å². The topological polar surface area (TPSA) is 116 Å². The lowest BCUT2D eigenvalue weighted by molar-refractivity contribution is -0.384. The van der Waals surface area contributed by atoms with Crippen LogP contribution in [0.5, 0.6) is 0 Å².